The van der Waals surface area contributed by atoms with Crippen molar-refractivity contribution in [1.82, 2.24) is 10.6 Å². The Labute approximate surface area is 87.7 Å². The highest BCUT2D eigenvalue weighted by Crippen LogP contribution is 2.16. The van der Waals surface area contributed by atoms with Crippen molar-refractivity contribution in [1.29, 1.82) is 0 Å². The second-order valence-corrected chi connectivity index (χ2v) is 3.80. The van der Waals surface area contributed by atoms with E-state index in [0.29, 0.717) is 0 Å². The van der Waals surface area contributed by atoms with Crippen LogP contribution in [0, 0.1) is 5.82 Å². The number of hydrogen-bond acceptors (Lipinski definition) is 2. The molecule has 3 nitrogen and oxygen atoms in total. The molecule has 1 saturated heterocycles. The average molecular weight is 208 g/mol. The third kappa shape index (κ3) is 2.15. The number of carbonyl (C=O) groups excluding carboxylic acids is 1. The van der Waals surface area contributed by atoms with Crippen molar-refractivity contribution in [3.05, 3.63) is 35.6 Å². The monoisotopic (exact) mass is 208 g/mol. The van der Waals surface area contributed by atoms with Crippen LogP contribution >= 0.6 is 0 Å². The first-order valence-corrected chi connectivity index (χ1v) is 4.96. The smallest absolute Gasteiger partial charge is 0.241 e. The van der Waals surface area contributed by atoms with Crippen LogP contribution in [-0.2, 0) is 4.79 Å². The Hall–Kier alpha value is -1.42. The normalized spacial score (nSPS) is 26.1. The maximum absolute atomic E-state index is 12.7. The number of amides is 1. The summed E-state index contributed by atoms with van der Waals surface area (Å²) in [4.78, 5) is 11.6. The van der Waals surface area contributed by atoms with Gasteiger partial charge in [0, 0.05) is 12.6 Å². The lowest BCUT2D eigenvalue weighted by Crippen LogP contribution is -2.52. The molecular formula is C11H13FN2O. The summed E-state index contributed by atoms with van der Waals surface area (Å²) in [5, 5.41) is 5.97. The highest BCUT2D eigenvalue weighted by Gasteiger charge is 2.26. The summed E-state index contributed by atoms with van der Waals surface area (Å²) in [5.74, 6) is -0.344. The summed E-state index contributed by atoms with van der Waals surface area (Å²) in [5.41, 5.74) is 0.792. The molecule has 0 spiro atoms. The molecule has 0 radical (unpaired) electrons. The molecule has 1 fully saturated rings. The lowest BCUT2D eigenvalue weighted by molar-refractivity contribution is -0.125. The molecule has 1 aliphatic rings. The van der Waals surface area contributed by atoms with E-state index in [-0.39, 0.29) is 23.8 Å². The van der Waals surface area contributed by atoms with E-state index in [1.54, 1.807) is 12.1 Å². The maximum atomic E-state index is 12.7. The van der Waals surface area contributed by atoms with Gasteiger partial charge in [-0.3, -0.25) is 4.79 Å². The highest BCUT2D eigenvalue weighted by molar-refractivity contribution is 5.84. The lowest BCUT2D eigenvalue weighted by Gasteiger charge is -2.28. The minimum Gasteiger partial charge on any atom is -0.351 e. The number of nitrogens with one attached hydrogen (secondary N) is 2. The van der Waals surface area contributed by atoms with Crippen LogP contribution in [0.2, 0.25) is 0 Å². The Balaban J connectivity index is 2.17. The van der Waals surface area contributed by atoms with Crippen molar-refractivity contribution < 1.29 is 9.18 Å². The number of rotatable bonds is 1. The van der Waals surface area contributed by atoms with Crippen LogP contribution in [0.1, 0.15) is 18.5 Å². The van der Waals surface area contributed by atoms with E-state index in [9.17, 15) is 9.18 Å². The van der Waals surface area contributed by atoms with Gasteiger partial charge in [-0.05, 0) is 24.6 Å². The van der Waals surface area contributed by atoms with Crippen LogP contribution in [0.5, 0.6) is 0 Å². The van der Waals surface area contributed by atoms with Crippen LogP contribution in [0.15, 0.2) is 24.3 Å². The van der Waals surface area contributed by atoms with E-state index in [1.165, 1.54) is 12.1 Å². The molecule has 0 saturated carbocycles. The molecule has 0 unspecified atom stereocenters. The van der Waals surface area contributed by atoms with Crippen molar-refractivity contribution in [3.8, 4) is 0 Å². The molecule has 80 valence electrons. The van der Waals surface area contributed by atoms with E-state index < -0.39 is 0 Å². The van der Waals surface area contributed by atoms with Crippen molar-refractivity contribution in [2.75, 3.05) is 6.54 Å². The summed E-state index contributed by atoms with van der Waals surface area (Å²) in [6, 6.07) is 5.77. The Morgan fingerprint density at radius 2 is 2.00 bits per heavy atom. The van der Waals surface area contributed by atoms with Crippen LogP contribution in [0.25, 0.3) is 0 Å². The summed E-state index contributed by atoms with van der Waals surface area (Å²) >= 11 is 0. The number of benzene rings is 1. The van der Waals surface area contributed by atoms with Gasteiger partial charge in [-0.2, -0.15) is 0 Å². The van der Waals surface area contributed by atoms with Gasteiger partial charge in [0.2, 0.25) is 5.91 Å². The maximum Gasteiger partial charge on any atom is 0.241 e. The van der Waals surface area contributed by atoms with E-state index in [4.69, 9.17) is 0 Å². The third-order valence-corrected chi connectivity index (χ3v) is 2.48. The van der Waals surface area contributed by atoms with Crippen molar-refractivity contribution in [2.24, 2.45) is 0 Å². The predicted molar refractivity (Wildman–Crippen MR) is 54.7 cm³/mol. The summed E-state index contributed by atoms with van der Waals surface area (Å²) in [6.45, 7) is 2.67. The first kappa shape index (κ1) is 10.1. The topological polar surface area (TPSA) is 41.1 Å². The van der Waals surface area contributed by atoms with Gasteiger partial charge in [-0.25, -0.2) is 4.39 Å². The van der Waals surface area contributed by atoms with Gasteiger partial charge >= 0.3 is 0 Å². The largest absolute Gasteiger partial charge is 0.351 e. The minimum absolute atomic E-state index is 0.0552. The van der Waals surface area contributed by atoms with Crippen LogP contribution in [-0.4, -0.2) is 18.5 Å². The fourth-order valence-electron chi connectivity index (χ4n) is 1.69. The fourth-order valence-corrected chi connectivity index (χ4v) is 1.69. The number of halogens is 1. The number of carbonyl (C=O) groups is 1. The van der Waals surface area contributed by atoms with Gasteiger partial charge in [-0.15, -0.1) is 0 Å². The van der Waals surface area contributed by atoms with Gasteiger partial charge in [0.25, 0.3) is 0 Å². The molecule has 0 aliphatic carbocycles. The molecular weight excluding hydrogens is 195 g/mol. The second kappa shape index (κ2) is 3.98. The Morgan fingerprint density at radius 3 is 2.60 bits per heavy atom. The SMILES string of the molecule is C[C@H]1CN[C@@H](c2ccc(F)cc2)C(=O)N1. The average Bonchev–Trinajstić information content (AvgIpc) is 2.20. The standard InChI is InChI=1S/C11H13FN2O/c1-7-6-13-10(11(15)14-7)8-2-4-9(12)5-3-8/h2-5,7,10,13H,6H2,1H3,(H,14,15)/t7-,10-/m0/s1. The van der Waals surface area contributed by atoms with Gasteiger partial charge < -0.3 is 10.6 Å². The van der Waals surface area contributed by atoms with Crippen LogP contribution < -0.4 is 10.6 Å². The lowest BCUT2D eigenvalue weighted by atomic mass is 10.0. The van der Waals surface area contributed by atoms with Gasteiger partial charge in [0.05, 0.1) is 0 Å². The molecule has 2 atom stereocenters. The Morgan fingerprint density at radius 1 is 1.33 bits per heavy atom. The molecule has 15 heavy (non-hydrogen) atoms. The fraction of sp³-hybridized carbons (Fsp3) is 0.364. The minimum atomic E-state index is -0.359. The van der Waals surface area contributed by atoms with Crippen LogP contribution in [0.4, 0.5) is 4.39 Å². The molecule has 1 heterocycles. The van der Waals surface area contributed by atoms with E-state index in [2.05, 4.69) is 10.6 Å². The zero-order chi connectivity index (χ0) is 10.8. The molecule has 4 heteroatoms. The molecule has 1 amide bonds. The first-order chi connectivity index (χ1) is 7.16. The number of piperazine rings is 1. The summed E-state index contributed by atoms with van der Waals surface area (Å²) < 4.78 is 12.7. The second-order valence-electron chi connectivity index (χ2n) is 3.80. The van der Waals surface area contributed by atoms with E-state index in [1.807, 2.05) is 6.92 Å². The first-order valence-electron chi connectivity index (χ1n) is 4.96. The van der Waals surface area contributed by atoms with Gasteiger partial charge in [-0.1, -0.05) is 12.1 Å². The molecule has 2 rings (SSSR count). The molecule has 2 N–H and O–H groups in total. The number of hydrogen-bond donors (Lipinski definition) is 2. The Kier molecular flexibility index (Phi) is 2.68. The van der Waals surface area contributed by atoms with Crippen molar-refractivity contribution in [3.63, 3.8) is 0 Å². The van der Waals surface area contributed by atoms with Gasteiger partial charge in [0.1, 0.15) is 11.9 Å². The van der Waals surface area contributed by atoms with Crippen molar-refractivity contribution >= 4 is 5.91 Å². The molecule has 1 aromatic carbocycles. The zero-order valence-electron chi connectivity index (χ0n) is 8.46. The highest BCUT2D eigenvalue weighted by atomic mass is 19.1. The van der Waals surface area contributed by atoms with Crippen LogP contribution in [0.3, 0.4) is 0 Å². The molecule has 0 bridgehead atoms. The quantitative estimate of drug-likeness (QED) is 0.722. The van der Waals surface area contributed by atoms with Gasteiger partial charge in [0.15, 0.2) is 0 Å². The Bertz CT molecular complexity index is 363. The zero-order valence-corrected chi connectivity index (χ0v) is 8.46. The van der Waals surface area contributed by atoms with E-state index >= 15 is 0 Å². The van der Waals surface area contributed by atoms with Crippen molar-refractivity contribution in [2.45, 2.75) is 19.0 Å². The summed E-state index contributed by atoms with van der Waals surface area (Å²) in [7, 11) is 0. The predicted octanol–water partition coefficient (Wildman–Crippen LogP) is 0.975. The summed E-state index contributed by atoms with van der Waals surface area (Å²) in [6.07, 6.45) is 0. The molecule has 1 aliphatic heterocycles. The molecule has 1 aromatic rings. The third-order valence-electron chi connectivity index (χ3n) is 2.48. The van der Waals surface area contributed by atoms with E-state index in [0.717, 1.165) is 12.1 Å². The molecule has 0 aromatic heterocycles.